The van der Waals surface area contributed by atoms with Gasteiger partial charge in [-0.15, -0.1) is 0 Å². The molecule has 1 heterocycles. The smallest absolute Gasteiger partial charge is 0.0470 e. The average molecular weight is 297 g/mol. The Bertz CT molecular complexity index is 350. The quantitative estimate of drug-likeness (QED) is 0.925. The molecule has 94 valence electrons. The Labute approximate surface area is 112 Å². The van der Waals surface area contributed by atoms with Gasteiger partial charge >= 0.3 is 0 Å². The first kappa shape index (κ1) is 13.1. The minimum atomic E-state index is 0.389. The molecule has 0 radical (unpaired) electrons. The zero-order valence-corrected chi connectivity index (χ0v) is 12.0. The SMILES string of the molecule is CCC1CCN(C(CN)c2ccc(Br)cc2)C1. The van der Waals surface area contributed by atoms with Crippen molar-refractivity contribution in [2.75, 3.05) is 19.6 Å². The van der Waals surface area contributed by atoms with Gasteiger partial charge in [0.2, 0.25) is 0 Å². The van der Waals surface area contributed by atoms with Crippen LogP contribution in [0, 0.1) is 5.92 Å². The highest BCUT2D eigenvalue weighted by Gasteiger charge is 2.27. The van der Waals surface area contributed by atoms with E-state index < -0.39 is 0 Å². The van der Waals surface area contributed by atoms with Gasteiger partial charge in [-0.3, -0.25) is 4.90 Å². The molecule has 1 saturated heterocycles. The number of likely N-dealkylation sites (tertiary alicyclic amines) is 1. The number of rotatable bonds is 4. The van der Waals surface area contributed by atoms with E-state index in [1.165, 1.54) is 31.5 Å². The van der Waals surface area contributed by atoms with Gasteiger partial charge in [0.15, 0.2) is 0 Å². The van der Waals surface area contributed by atoms with Crippen molar-refractivity contribution in [1.29, 1.82) is 0 Å². The molecule has 1 aromatic rings. The lowest BCUT2D eigenvalue weighted by molar-refractivity contribution is 0.241. The summed E-state index contributed by atoms with van der Waals surface area (Å²) in [6, 6.07) is 8.96. The molecular weight excluding hydrogens is 276 g/mol. The van der Waals surface area contributed by atoms with Crippen LogP contribution in [0.2, 0.25) is 0 Å². The molecule has 0 bridgehead atoms. The second-order valence-corrected chi connectivity index (χ2v) is 5.78. The molecule has 1 aliphatic rings. The molecule has 1 fully saturated rings. The molecule has 2 unspecified atom stereocenters. The summed E-state index contributed by atoms with van der Waals surface area (Å²) in [5.41, 5.74) is 7.30. The summed E-state index contributed by atoms with van der Waals surface area (Å²) in [5.74, 6) is 0.861. The molecule has 17 heavy (non-hydrogen) atoms. The predicted octanol–water partition coefficient (Wildman–Crippen LogP) is 3.18. The normalized spacial score (nSPS) is 22.9. The van der Waals surface area contributed by atoms with Crippen LogP contribution in [-0.2, 0) is 0 Å². The second-order valence-electron chi connectivity index (χ2n) is 4.86. The number of nitrogens with zero attached hydrogens (tertiary/aromatic N) is 1. The van der Waals surface area contributed by atoms with Gasteiger partial charge in [-0.2, -0.15) is 0 Å². The maximum absolute atomic E-state index is 5.96. The van der Waals surface area contributed by atoms with Crippen LogP contribution in [-0.4, -0.2) is 24.5 Å². The Morgan fingerprint density at radius 1 is 1.41 bits per heavy atom. The van der Waals surface area contributed by atoms with Gasteiger partial charge in [-0.25, -0.2) is 0 Å². The van der Waals surface area contributed by atoms with Gasteiger partial charge in [0.05, 0.1) is 0 Å². The summed E-state index contributed by atoms with van der Waals surface area (Å²) in [6.45, 7) is 5.38. The Hall–Kier alpha value is -0.380. The van der Waals surface area contributed by atoms with E-state index in [0.717, 1.165) is 10.4 Å². The number of halogens is 1. The molecule has 0 aliphatic carbocycles. The highest BCUT2D eigenvalue weighted by atomic mass is 79.9. The molecule has 0 aromatic heterocycles. The minimum Gasteiger partial charge on any atom is -0.329 e. The highest BCUT2D eigenvalue weighted by Crippen LogP contribution is 2.28. The lowest BCUT2D eigenvalue weighted by atomic mass is 10.1. The molecule has 0 saturated carbocycles. The second kappa shape index (κ2) is 5.98. The van der Waals surface area contributed by atoms with Crippen molar-refractivity contribution in [1.82, 2.24) is 4.90 Å². The Morgan fingerprint density at radius 2 is 2.12 bits per heavy atom. The van der Waals surface area contributed by atoms with Gasteiger partial charge < -0.3 is 5.73 Å². The zero-order valence-electron chi connectivity index (χ0n) is 10.4. The minimum absolute atomic E-state index is 0.389. The lowest BCUT2D eigenvalue weighted by Crippen LogP contribution is -2.32. The van der Waals surface area contributed by atoms with Crippen molar-refractivity contribution < 1.29 is 0 Å². The van der Waals surface area contributed by atoms with E-state index >= 15 is 0 Å². The summed E-state index contributed by atoms with van der Waals surface area (Å²) >= 11 is 3.48. The van der Waals surface area contributed by atoms with Crippen LogP contribution in [0.1, 0.15) is 31.4 Å². The first-order valence-corrected chi connectivity index (χ1v) is 7.23. The van der Waals surface area contributed by atoms with Crippen LogP contribution in [0.5, 0.6) is 0 Å². The first-order chi connectivity index (χ1) is 8.24. The van der Waals surface area contributed by atoms with Crippen LogP contribution in [0.15, 0.2) is 28.7 Å². The summed E-state index contributed by atoms with van der Waals surface area (Å²) in [5, 5.41) is 0. The van der Waals surface area contributed by atoms with Crippen LogP contribution in [0.25, 0.3) is 0 Å². The summed E-state index contributed by atoms with van der Waals surface area (Å²) in [4.78, 5) is 2.54. The van der Waals surface area contributed by atoms with E-state index in [1.54, 1.807) is 0 Å². The Morgan fingerprint density at radius 3 is 2.65 bits per heavy atom. The van der Waals surface area contributed by atoms with Crippen molar-refractivity contribution in [2.24, 2.45) is 11.7 Å². The van der Waals surface area contributed by atoms with Gasteiger partial charge in [-0.1, -0.05) is 41.4 Å². The van der Waals surface area contributed by atoms with E-state index in [4.69, 9.17) is 5.73 Å². The third kappa shape index (κ3) is 3.09. The number of hydrogen-bond acceptors (Lipinski definition) is 2. The number of benzene rings is 1. The number of hydrogen-bond donors (Lipinski definition) is 1. The standard InChI is InChI=1S/C14H21BrN2/c1-2-11-7-8-17(10-11)14(9-16)12-3-5-13(15)6-4-12/h3-6,11,14H,2,7-10,16H2,1H3. The van der Waals surface area contributed by atoms with Crippen LogP contribution in [0.4, 0.5) is 0 Å². The van der Waals surface area contributed by atoms with E-state index in [0.29, 0.717) is 12.6 Å². The molecule has 1 aromatic carbocycles. The monoisotopic (exact) mass is 296 g/mol. The van der Waals surface area contributed by atoms with Gasteiger partial charge in [0.25, 0.3) is 0 Å². The zero-order chi connectivity index (χ0) is 12.3. The maximum atomic E-state index is 5.96. The van der Waals surface area contributed by atoms with Crippen molar-refractivity contribution in [3.63, 3.8) is 0 Å². The van der Waals surface area contributed by atoms with Crippen molar-refractivity contribution in [2.45, 2.75) is 25.8 Å². The summed E-state index contributed by atoms with van der Waals surface area (Å²) < 4.78 is 1.13. The van der Waals surface area contributed by atoms with E-state index in [-0.39, 0.29) is 0 Å². The maximum Gasteiger partial charge on any atom is 0.0470 e. The molecular formula is C14H21BrN2. The Balaban J connectivity index is 2.08. The predicted molar refractivity (Wildman–Crippen MR) is 75.9 cm³/mol. The molecule has 0 spiro atoms. The lowest BCUT2D eigenvalue weighted by Gasteiger charge is -2.27. The van der Waals surface area contributed by atoms with E-state index in [9.17, 15) is 0 Å². The van der Waals surface area contributed by atoms with Gasteiger partial charge in [0.1, 0.15) is 0 Å². The Kier molecular flexibility index (Phi) is 4.60. The van der Waals surface area contributed by atoms with Gasteiger partial charge in [0, 0.05) is 23.6 Å². The molecule has 2 rings (SSSR count). The fourth-order valence-corrected chi connectivity index (χ4v) is 2.92. The summed E-state index contributed by atoms with van der Waals surface area (Å²) in [6.07, 6.45) is 2.61. The van der Waals surface area contributed by atoms with Crippen molar-refractivity contribution in [3.8, 4) is 0 Å². The average Bonchev–Trinajstić information content (AvgIpc) is 2.81. The molecule has 0 amide bonds. The van der Waals surface area contributed by atoms with Crippen LogP contribution >= 0.6 is 15.9 Å². The third-order valence-electron chi connectivity index (χ3n) is 3.81. The van der Waals surface area contributed by atoms with E-state index in [2.05, 4.69) is 52.0 Å². The topological polar surface area (TPSA) is 29.3 Å². The fraction of sp³-hybridized carbons (Fsp3) is 0.571. The molecule has 2 nitrogen and oxygen atoms in total. The first-order valence-electron chi connectivity index (χ1n) is 6.44. The van der Waals surface area contributed by atoms with Gasteiger partial charge in [-0.05, 0) is 36.6 Å². The van der Waals surface area contributed by atoms with Crippen LogP contribution in [0.3, 0.4) is 0 Å². The number of nitrogens with two attached hydrogens (primary N) is 1. The fourth-order valence-electron chi connectivity index (χ4n) is 2.66. The molecule has 2 atom stereocenters. The summed E-state index contributed by atoms with van der Waals surface area (Å²) in [7, 11) is 0. The molecule has 1 aliphatic heterocycles. The van der Waals surface area contributed by atoms with Crippen molar-refractivity contribution in [3.05, 3.63) is 34.3 Å². The van der Waals surface area contributed by atoms with Crippen molar-refractivity contribution >= 4 is 15.9 Å². The highest BCUT2D eigenvalue weighted by molar-refractivity contribution is 9.10. The molecule has 2 N–H and O–H groups in total. The third-order valence-corrected chi connectivity index (χ3v) is 4.34. The largest absolute Gasteiger partial charge is 0.329 e. The molecule has 3 heteroatoms. The van der Waals surface area contributed by atoms with Crippen LogP contribution < -0.4 is 5.73 Å². The van der Waals surface area contributed by atoms with E-state index in [1.807, 2.05) is 0 Å².